The van der Waals surface area contributed by atoms with Crippen LogP contribution < -0.4 is 5.56 Å². The highest BCUT2D eigenvalue weighted by molar-refractivity contribution is 5.83. The smallest absolute Gasteiger partial charge is 0.366 e. The molecule has 2 unspecified atom stereocenters. The number of ether oxygens (including phenoxy) is 1. The minimum absolute atomic E-state index is 0.0432. The molecule has 0 radical (unpaired) electrons. The SMILES string of the molecule is CCCN(CCCCCC(=O)C1CC1)C(=O)C1CN(C2CCc3c2n[nH]c(=O)c3C(F)(F)F)CCO1. The summed E-state index contributed by atoms with van der Waals surface area (Å²) in [5.74, 6) is 0.540. The predicted molar refractivity (Wildman–Crippen MR) is 125 cm³/mol. The molecule has 1 saturated carbocycles. The first-order chi connectivity index (χ1) is 17.2. The Kier molecular flexibility index (Phi) is 8.49. The molecule has 0 bridgehead atoms. The second-order valence-electron chi connectivity index (χ2n) is 10.1. The van der Waals surface area contributed by atoms with Crippen LogP contribution >= 0.6 is 0 Å². The van der Waals surface area contributed by atoms with E-state index in [2.05, 4.69) is 5.10 Å². The Hall–Kier alpha value is -2.27. The van der Waals surface area contributed by atoms with Gasteiger partial charge in [-0.05, 0) is 50.5 Å². The van der Waals surface area contributed by atoms with Crippen LogP contribution in [0.4, 0.5) is 13.2 Å². The van der Waals surface area contributed by atoms with E-state index in [4.69, 9.17) is 4.74 Å². The first-order valence-electron chi connectivity index (χ1n) is 13.1. The summed E-state index contributed by atoms with van der Waals surface area (Å²) in [4.78, 5) is 40.8. The van der Waals surface area contributed by atoms with Gasteiger partial charge in [0.25, 0.3) is 11.5 Å². The van der Waals surface area contributed by atoms with Crippen molar-refractivity contribution < 1.29 is 27.5 Å². The molecule has 2 fully saturated rings. The number of nitrogens with zero attached hydrogens (tertiary/aromatic N) is 3. The molecule has 4 rings (SSSR count). The molecule has 1 aromatic heterocycles. The number of aromatic nitrogens is 2. The van der Waals surface area contributed by atoms with Crippen LogP contribution in [0, 0.1) is 5.92 Å². The number of nitrogens with one attached hydrogen (secondary N) is 1. The molecule has 0 aromatic carbocycles. The van der Waals surface area contributed by atoms with Gasteiger partial charge in [0.05, 0.1) is 18.3 Å². The summed E-state index contributed by atoms with van der Waals surface area (Å²) >= 11 is 0. The third-order valence-electron chi connectivity index (χ3n) is 7.39. The number of Topliss-reactive ketones (excluding diaryl/α,β-unsaturated/α-hetero) is 1. The molecule has 8 nitrogen and oxygen atoms in total. The molecular formula is C25H35F3N4O4. The summed E-state index contributed by atoms with van der Waals surface area (Å²) in [5, 5.41) is 5.98. The maximum Gasteiger partial charge on any atom is 0.422 e. The van der Waals surface area contributed by atoms with Gasteiger partial charge in [-0.15, -0.1) is 0 Å². The lowest BCUT2D eigenvalue weighted by molar-refractivity contribution is -0.151. The number of amides is 1. The number of H-pyrrole nitrogens is 1. The van der Waals surface area contributed by atoms with Crippen LogP contribution in [0.1, 0.15) is 81.2 Å². The van der Waals surface area contributed by atoms with Gasteiger partial charge in [-0.2, -0.15) is 18.3 Å². The zero-order valence-corrected chi connectivity index (χ0v) is 20.7. The first-order valence-corrected chi connectivity index (χ1v) is 13.1. The van der Waals surface area contributed by atoms with E-state index >= 15 is 0 Å². The van der Waals surface area contributed by atoms with E-state index in [1.165, 1.54) is 0 Å². The number of alkyl halides is 3. The molecule has 1 saturated heterocycles. The summed E-state index contributed by atoms with van der Waals surface area (Å²) in [6, 6.07) is -0.402. The highest BCUT2D eigenvalue weighted by atomic mass is 19.4. The molecule has 0 spiro atoms. The molecule has 2 heterocycles. The number of carbonyl (C=O) groups is 2. The number of aromatic amines is 1. The fourth-order valence-corrected chi connectivity index (χ4v) is 5.40. The van der Waals surface area contributed by atoms with Crippen LogP contribution in [0.25, 0.3) is 0 Å². The highest BCUT2D eigenvalue weighted by Gasteiger charge is 2.43. The average Bonchev–Trinajstić information content (AvgIpc) is 3.61. The van der Waals surface area contributed by atoms with Crippen molar-refractivity contribution in [2.24, 2.45) is 5.92 Å². The van der Waals surface area contributed by atoms with Gasteiger partial charge in [0, 0.05) is 38.5 Å². The topological polar surface area (TPSA) is 95.6 Å². The van der Waals surface area contributed by atoms with Crippen molar-refractivity contribution in [3.63, 3.8) is 0 Å². The Balaban J connectivity index is 1.35. The number of unbranched alkanes of at least 4 members (excludes halogenated alkanes) is 2. The maximum atomic E-state index is 13.5. The van der Waals surface area contributed by atoms with Crippen LogP contribution in [0.2, 0.25) is 0 Å². The summed E-state index contributed by atoms with van der Waals surface area (Å²) in [7, 11) is 0. The van der Waals surface area contributed by atoms with Crippen molar-refractivity contribution in [2.45, 2.75) is 83.0 Å². The van der Waals surface area contributed by atoms with Crippen molar-refractivity contribution in [3.8, 4) is 0 Å². The minimum atomic E-state index is -4.75. The van der Waals surface area contributed by atoms with Gasteiger partial charge in [-0.3, -0.25) is 19.3 Å². The number of fused-ring (bicyclic) bond motifs is 1. The van der Waals surface area contributed by atoms with Crippen LogP contribution in [0.5, 0.6) is 0 Å². The second kappa shape index (κ2) is 11.4. The Labute approximate surface area is 208 Å². The molecular weight excluding hydrogens is 477 g/mol. The summed E-state index contributed by atoms with van der Waals surface area (Å²) in [6.07, 6.45) is 1.09. The molecule has 3 aliphatic rings. The van der Waals surface area contributed by atoms with Gasteiger partial charge in [0.15, 0.2) is 0 Å². The van der Waals surface area contributed by atoms with Crippen LogP contribution in [0.15, 0.2) is 4.79 Å². The second-order valence-corrected chi connectivity index (χ2v) is 10.1. The summed E-state index contributed by atoms with van der Waals surface area (Å²) in [5.41, 5.74) is -2.19. The molecule has 1 aliphatic heterocycles. The Morgan fingerprint density at radius 3 is 2.64 bits per heavy atom. The standard InChI is InChI=1S/C25H35F3N4O4/c1-2-11-31(12-5-3-4-6-19(33)16-7-8-16)24(35)20-15-32(13-14-36-20)18-10-9-17-21(25(26,27)28)23(34)30-29-22(17)18/h16,18,20H,2-15H2,1H3,(H,30,34). The Morgan fingerprint density at radius 2 is 1.94 bits per heavy atom. The number of hydrogen-bond acceptors (Lipinski definition) is 6. The van der Waals surface area contributed by atoms with Gasteiger partial charge in [-0.25, -0.2) is 5.10 Å². The number of ketones is 1. The quantitative estimate of drug-likeness (QED) is 0.458. The fourth-order valence-electron chi connectivity index (χ4n) is 5.40. The fraction of sp³-hybridized carbons (Fsp3) is 0.760. The van der Waals surface area contributed by atoms with Gasteiger partial charge >= 0.3 is 6.18 Å². The van der Waals surface area contributed by atoms with Crippen LogP contribution in [-0.2, 0) is 26.9 Å². The zero-order valence-electron chi connectivity index (χ0n) is 20.7. The van der Waals surface area contributed by atoms with Crippen molar-refractivity contribution in [1.29, 1.82) is 0 Å². The molecule has 1 amide bonds. The normalized spacial score (nSPS) is 22.4. The molecule has 36 heavy (non-hydrogen) atoms. The number of morpholine rings is 1. The molecule has 1 N–H and O–H groups in total. The van der Waals surface area contributed by atoms with E-state index in [1.807, 2.05) is 16.9 Å². The average molecular weight is 513 g/mol. The van der Waals surface area contributed by atoms with E-state index in [1.54, 1.807) is 4.90 Å². The van der Waals surface area contributed by atoms with Crippen molar-refractivity contribution in [3.05, 3.63) is 27.2 Å². The minimum Gasteiger partial charge on any atom is -0.366 e. The van der Waals surface area contributed by atoms with Crippen molar-refractivity contribution in [2.75, 3.05) is 32.8 Å². The first kappa shape index (κ1) is 26.8. The van der Waals surface area contributed by atoms with Gasteiger partial charge < -0.3 is 9.64 Å². The third kappa shape index (κ3) is 6.16. The molecule has 2 atom stereocenters. The molecule has 11 heteroatoms. The Morgan fingerprint density at radius 1 is 1.17 bits per heavy atom. The van der Waals surface area contributed by atoms with Crippen molar-refractivity contribution in [1.82, 2.24) is 20.0 Å². The van der Waals surface area contributed by atoms with Crippen LogP contribution in [0.3, 0.4) is 0 Å². The highest BCUT2D eigenvalue weighted by Crippen LogP contribution is 2.40. The zero-order chi connectivity index (χ0) is 25.9. The van der Waals surface area contributed by atoms with Gasteiger partial charge in [-0.1, -0.05) is 13.3 Å². The molecule has 200 valence electrons. The lowest BCUT2D eigenvalue weighted by Crippen LogP contribution is -2.52. The summed E-state index contributed by atoms with van der Waals surface area (Å²) < 4.78 is 46.2. The summed E-state index contributed by atoms with van der Waals surface area (Å²) in [6.45, 7) is 4.22. The number of rotatable bonds is 11. The number of hydrogen-bond donors (Lipinski definition) is 1. The lowest BCUT2D eigenvalue weighted by atomic mass is 10.1. The largest absolute Gasteiger partial charge is 0.422 e. The lowest BCUT2D eigenvalue weighted by Gasteiger charge is -2.38. The monoisotopic (exact) mass is 512 g/mol. The van der Waals surface area contributed by atoms with E-state index in [9.17, 15) is 27.6 Å². The number of carbonyl (C=O) groups excluding carboxylic acids is 2. The molecule has 2 aliphatic carbocycles. The van der Waals surface area contributed by atoms with Crippen LogP contribution in [-0.4, -0.2) is 70.6 Å². The maximum absolute atomic E-state index is 13.5. The third-order valence-corrected chi connectivity index (χ3v) is 7.39. The van der Waals surface area contributed by atoms with E-state index < -0.39 is 29.4 Å². The predicted octanol–water partition coefficient (Wildman–Crippen LogP) is 3.25. The van der Waals surface area contributed by atoms with E-state index in [0.29, 0.717) is 44.9 Å². The van der Waals surface area contributed by atoms with Crippen molar-refractivity contribution >= 4 is 11.7 Å². The van der Waals surface area contributed by atoms with Gasteiger partial charge in [0.2, 0.25) is 0 Å². The van der Waals surface area contributed by atoms with E-state index in [0.717, 1.165) is 38.5 Å². The van der Waals surface area contributed by atoms with Gasteiger partial charge in [0.1, 0.15) is 17.5 Å². The molecule has 1 aromatic rings. The Bertz CT molecular complexity index is 1010. The van der Waals surface area contributed by atoms with E-state index in [-0.39, 0.29) is 36.0 Å². The number of halogens is 3.